The van der Waals surface area contributed by atoms with Gasteiger partial charge in [-0.1, -0.05) is 36.9 Å². The molecular formula is C27H33BN4O2. The van der Waals surface area contributed by atoms with E-state index in [1.807, 2.05) is 12.1 Å². The molecule has 7 heteroatoms. The minimum atomic E-state index is -0.425. The highest BCUT2D eigenvalue weighted by Crippen LogP contribution is 2.37. The maximum atomic E-state index is 6.29. The van der Waals surface area contributed by atoms with Gasteiger partial charge in [0.05, 0.1) is 22.4 Å². The second-order valence-corrected chi connectivity index (χ2v) is 10.4. The lowest BCUT2D eigenvalue weighted by Crippen LogP contribution is -2.43. The Labute approximate surface area is 202 Å². The Morgan fingerprint density at radius 1 is 0.941 bits per heavy atom. The number of nitrogens with zero attached hydrogens (tertiary/aromatic N) is 4. The zero-order chi connectivity index (χ0) is 24.1. The smallest absolute Gasteiger partial charge is 0.399 e. The molecule has 0 radical (unpaired) electrons. The van der Waals surface area contributed by atoms with E-state index in [1.54, 1.807) is 6.33 Å². The highest BCUT2D eigenvalue weighted by Gasteiger charge is 2.51. The third-order valence-electron chi connectivity index (χ3n) is 7.54. The molecule has 5 rings (SSSR count). The molecular weight excluding hydrogens is 423 g/mol. The number of fused-ring (bicyclic) bond motifs is 1. The zero-order valence-corrected chi connectivity index (χ0v) is 20.8. The third kappa shape index (κ3) is 4.13. The monoisotopic (exact) mass is 456 g/mol. The molecule has 3 heterocycles. The van der Waals surface area contributed by atoms with Crippen molar-refractivity contribution in [2.45, 2.75) is 38.9 Å². The lowest BCUT2D eigenvalue weighted by atomic mass is 9.78. The molecule has 3 aromatic rings. The van der Waals surface area contributed by atoms with Crippen LogP contribution in [-0.2, 0) is 9.31 Å². The summed E-state index contributed by atoms with van der Waals surface area (Å²) in [6.45, 7) is 16.8. The fraction of sp³-hybridized carbons (Fsp3) is 0.407. The van der Waals surface area contributed by atoms with Gasteiger partial charge < -0.3 is 19.1 Å². The molecule has 6 nitrogen and oxygen atoms in total. The van der Waals surface area contributed by atoms with E-state index in [0.717, 1.165) is 65.1 Å². The number of rotatable bonds is 4. The summed E-state index contributed by atoms with van der Waals surface area (Å²) in [4.78, 5) is 13.9. The fourth-order valence-electron chi connectivity index (χ4n) is 4.53. The molecule has 2 aromatic carbocycles. The van der Waals surface area contributed by atoms with Gasteiger partial charge in [-0.3, -0.25) is 0 Å². The predicted molar refractivity (Wildman–Crippen MR) is 139 cm³/mol. The fourth-order valence-corrected chi connectivity index (χ4v) is 4.53. The van der Waals surface area contributed by atoms with Crippen molar-refractivity contribution >= 4 is 29.2 Å². The van der Waals surface area contributed by atoms with E-state index in [2.05, 4.69) is 91.4 Å². The van der Waals surface area contributed by atoms with Crippen molar-refractivity contribution in [1.82, 2.24) is 19.8 Å². The maximum Gasteiger partial charge on any atom is 0.494 e. The first-order chi connectivity index (χ1) is 16.1. The Hall–Kier alpha value is -2.74. The highest BCUT2D eigenvalue weighted by atomic mass is 16.7. The molecule has 0 unspecified atom stereocenters. The first kappa shape index (κ1) is 23.0. The Bertz CT molecular complexity index is 1220. The van der Waals surface area contributed by atoms with Gasteiger partial charge in [-0.25, -0.2) is 9.97 Å². The maximum absolute atomic E-state index is 6.29. The van der Waals surface area contributed by atoms with Gasteiger partial charge in [0.2, 0.25) is 0 Å². The van der Waals surface area contributed by atoms with Crippen LogP contribution in [0.3, 0.4) is 0 Å². The number of piperazine rings is 1. The van der Waals surface area contributed by atoms with Gasteiger partial charge in [0.15, 0.2) is 0 Å². The SMILES string of the molecule is C=C(c1cccc(-c2ncnc3ccc(B4OC(C)(C)C(C)(C)O4)cc23)c1)N1CCN(C)CC1. The molecule has 0 bridgehead atoms. The summed E-state index contributed by atoms with van der Waals surface area (Å²) in [6.07, 6.45) is 1.63. The molecule has 0 N–H and O–H groups in total. The molecule has 0 amide bonds. The van der Waals surface area contributed by atoms with Crippen LogP contribution in [0, 0.1) is 0 Å². The Kier molecular flexibility index (Phi) is 5.75. The lowest BCUT2D eigenvalue weighted by molar-refractivity contribution is 0.00578. The van der Waals surface area contributed by atoms with Crippen molar-refractivity contribution < 1.29 is 9.31 Å². The lowest BCUT2D eigenvalue weighted by Gasteiger charge is -2.35. The van der Waals surface area contributed by atoms with Crippen LogP contribution in [0.25, 0.3) is 27.9 Å². The van der Waals surface area contributed by atoms with Gasteiger partial charge >= 0.3 is 7.12 Å². The van der Waals surface area contributed by atoms with Crippen molar-refractivity contribution in [3.8, 4) is 11.3 Å². The van der Waals surface area contributed by atoms with Gasteiger partial charge in [-0.15, -0.1) is 0 Å². The topological polar surface area (TPSA) is 50.7 Å². The van der Waals surface area contributed by atoms with E-state index >= 15 is 0 Å². The molecule has 2 saturated heterocycles. The average Bonchev–Trinajstić information content (AvgIpc) is 3.05. The van der Waals surface area contributed by atoms with Crippen molar-refractivity contribution in [2.24, 2.45) is 0 Å². The van der Waals surface area contributed by atoms with Crippen molar-refractivity contribution in [1.29, 1.82) is 0 Å². The van der Waals surface area contributed by atoms with Gasteiger partial charge in [-0.2, -0.15) is 0 Å². The van der Waals surface area contributed by atoms with E-state index in [9.17, 15) is 0 Å². The van der Waals surface area contributed by atoms with Crippen molar-refractivity contribution in [2.75, 3.05) is 33.2 Å². The van der Waals surface area contributed by atoms with Gasteiger partial charge in [-0.05, 0) is 57.9 Å². The average molecular weight is 456 g/mol. The van der Waals surface area contributed by atoms with Gasteiger partial charge in [0.1, 0.15) is 6.33 Å². The molecule has 2 fully saturated rings. The van der Waals surface area contributed by atoms with Crippen LogP contribution in [0.2, 0.25) is 0 Å². The minimum Gasteiger partial charge on any atom is -0.399 e. The standard InChI is InChI=1S/C27H33BN4O2/c1-19(32-14-12-31(6)13-15-32)20-8-7-9-21(16-20)25-23-17-22(10-11-24(23)29-18-30-25)28-33-26(2,3)27(4,5)34-28/h7-11,16-18H,1,12-15H2,2-6H3. The zero-order valence-electron chi connectivity index (χ0n) is 20.8. The molecule has 0 saturated carbocycles. The van der Waals surface area contributed by atoms with Crippen LogP contribution in [0.5, 0.6) is 0 Å². The van der Waals surface area contributed by atoms with Gasteiger partial charge in [0.25, 0.3) is 0 Å². The molecule has 176 valence electrons. The predicted octanol–water partition coefficient (Wildman–Crippen LogP) is 3.81. The second kappa shape index (κ2) is 8.49. The molecule has 2 aliphatic rings. The van der Waals surface area contributed by atoms with Crippen LogP contribution < -0.4 is 5.46 Å². The normalized spacial score (nSPS) is 20.1. The quantitative estimate of drug-likeness (QED) is 0.557. The summed E-state index contributed by atoms with van der Waals surface area (Å²) in [5.41, 5.74) is 5.22. The van der Waals surface area contributed by atoms with E-state index in [1.165, 1.54) is 0 Å². The third-order valence-corrected chi connectivity index (χ3v) is 7.54. The largest absolute Gasteiger partial charge is 0.494 e. The summed E-state index contributed by atoms with van der Waals surface area (Å²) in [7, 11) is 1.74. The number of benzene rings is 2. The summed E-state index contributed by atoms with van der Waals surface area (Å²) in [6, 6.07) is 14.7. The first-order valence-corrected chi connectivity index (χ1v) is 12.0. The molecule has 34 heavy (non-hydrogen) atoms. The van der Waals surface area contributed by atoms with Crippen LogP contribution in [0.15, 0.2) is 55.4 Å². The first-order valence-electron chi connectivity index (χ1n) is 12.0. The van der Waals surface area contributed by atoms with Crippen LogP contribution in [0.1, 0.15) is 33.3 Å². The molecule has 2 aliphatic heterocycles. The minimum absolute atomic E-state index is 0.388. The molecule has 0 aliphatic carbocycles. The Balaban J connectivity index is 1.49. The summed E-state index contributed by atoms with van der Waals surface area (Å²) in [5, 5.41) is 0.983. The van der Waals surface area contributed by atoms with Crippen molar-refractivity contribution in [3.63, 3.8) is 0 Å². The van der Waals surface area contributed by atoms with Gasteiger partial charge in [0, 0.05) is 42.8 Å². The number of likely N-dealkylation sites (N-methyl/N-ethyl adjacent to an activating group) is 1. The number of hydrogen-bond donors (Lipinski definition) is 0. The molecule has 1 aromatic heterocycles. The van der Waals surface area contributed by atoms with E-state index in [-0.39, 0.29) is 11.2 Å². The van der Waals surface area contributed by atoms with Crippen LogP contribution in [-0.4, -0.2) is 71.3 Å². The Morgan fingerprint density at radius 2 is 1.65 bits per heavy atom. The number of hydrogen-bond acceptors (Lipinski definition) is 6. The van der Waals surface area contributed by atoms with E-state index in [0.29, 0.717) is 0 Å². The highest BCUT2D eigenvalue weighted by molar-refractivity contribution is 6.62. The molecule has 0 atom stereocenters. The van der Waals surface area contributed by atoms with Crippen LogP contribution >= 0.6 is 0 Å². The molecule has 0 spiro atoms. The summed E-state index contributed by atoms with van der Waals surface area (Å²) < 4.78 is 12.6. The Morgan fingerprint density at radius 3 is 2.35 bits per heavy atom. The van der Waals surface area contributed by atoms with E-state index < -0.39 is 7.12 Å². The van der Waals surface area contributed by atoms with Crippen molar-refractivity contribution in [3.05, 3.63) is 60.9 Å². The van der Waals surface area contributed by atoms with Crippen LogP contribution in [0.4, 0.5) is 0 Å². The number of aromatic nitrogens is 2. The second-order valence-electron chi connectivity index (χ2n) is 10.4. The van der Waals surface area contributed by atoms with E-state index in [4.69, 9.17) is 9.31 Å². The summed E-state index contributed by atoms with van der Waals surface area (Å²) >= 11 is 0. The summed E-state index contributed by atoms with van der Waals surface area (Å²) in [5.74, 6) is 0.